The first kappa shape index (κ1) is 33.6. The molecule has 0 aliphatic carbocycles. The van der Waals surface area contributed by atoms with E-state index in [-0.39, 0.29) is 33.6 Å². The molecule has 0 unspecified atom stereocenters. The van der Waals surface area contributed by atoms with Crippen molar-refractivity contribution in [2.24, 2.45) is 0 Å². The van der Waals surface area contributed by atoms with Crippen LogP contribution in [0.3, 0.4) is 0 Å². The second kappa shape index (κ2) is 12.2. The number of hydrogen-bond donors (Lipinski definition) is 0. The number of benzene rings is 7. The Bertz CT molecular complexity index is 2690. The molecule has 0 saturated heterocycles. The maximum absolute atomic E-state index is 16.7. The SMILES string of the molecule is Cc1ccc2c(c1)c1cc(C)ccc1n2-c1c(-c2ccccc2F)cc(-c2ccccc2F)c(-n2c3ccc(C)cc3c3cc(C)ccc32)c1C(F)(F)F. The fourth-order valence-corrected chi connectivity index (χ4v) is 8.15. The van der Waals surface area contributed by atoms with Gasteiger partial charge in [0.2, 0.25) is 0 Å². The summed E-state index contributed by atoms with van der Waals surface area (Å²) in [5, 5.41) is 3.07. The fourth-order valence-electron chi connectivity index (χ4n) is 8.15. The fraction of sp³-hybridized carbons (Fsp3) is 0.106. The molecule has 2 nitrogen and oxygen atoms in total. The number of hydrogen-bond acceptors (Lipinski definition) is 0. The van der Waals surface area contributed by atoms with Gasteiger partial charge in [0.15, 0.2) is 0 Å². The van der Waals surface area contributed by atoms with Crippen molar-refractivity contribution in [1.82, 2.24) is 9.13 Å². The first-order valence-electron chi connectivity index (χ1n) is 17.7. The highest BCUT2D eigenvalue weighted by molar-refractivity contribution is 6.13. The van der Waals surface area contributed by atoms with E-state index in [0.29, 0.717) is 22.1 Å². The molecule has 9 aromatic rings. The monoisotopic (exact) mass is 720 g/mol. The summed E-state index contributed by atoms with van der Waals surface area (Å²) in [6.07, 6.45) is -5.03. The standard InChI is InChI=1S/C47H33F5N2/c1-26-13-17-40-32(21-26)33-22-27(2)14-18-41(33)53(40)45-36(30-9-5-7-11-38(30)48)25-37(31-10-6-8-12-39(31)49)46(44(45)47(50,51)52)54-42-19-15-28(3)23-34(42)35-24-29(4)16-20-43(35)54/h5-25H,1-4H3. The Morgan fingerprint density at radius 1 is 0.389 bits per heavy atom. The van der Waals surface area contributed by atoms with Gasteiger partial charge in [-0.25, -0.2) is 8.78 Å². The minimum atomic E-state index is -5.03. The van der Waals surface area contributed by atoms with E-state index in [9.17, 15) is 0 Å². The zero-order valence-electron chi connectivity index (χ0n) is 29.9. The number of fused-ring (bicyclic) bond motifs is 6. The Morgan fingerprint density at radius 3 is 1.00 bits per heavy atom. The molecule has 0 spiro atoms. The maximum Gasteiger partial charge on any atom is 0.420 e. The number of rotatable bonds is 4. The van der Waals surface area contributed by atoms with Gasteiger partial charge >= 0.3 is 6.18 Å². The van der Waals surface area contributed by atoms with Crippen molar-refractivity contribution < 1.29 is 22.0 Å². The third-order valence-corrected chi connectivity index (χ3v) is 10.5. The molecule has 0 amide bonds. The Hall–Kier alpha value is -6.21. The topological polar surface area (TPSA) is 9.86 Å². The Labute approximate surface area is 308 Å². The quantitative estimate of drug-likeness (QED) is 0.160. The van der Waals surface area contributed by atoms with Crippen molar-refractivity contribution in [3.8, 4) is 33.6 Å². The minimum Gasteiger partial charge on any atom is -0.308 e. The normalized spacial score (nSPS) is 12.2. The zero-order chi connectivity index (χ0) is 37.6. The van der Waals surface area contributed by atoms with Crippen molar-refractivity contribution in [2.45, 2.75) is 33.9 Å². The van der Waals surface area contributed by atoms with Crippen LogP contribution < -0.4 is 0 Å². The van der Waals surface area contributed by atoms with Gasteiger partial charge in [-0.3, -0.25) is 0 Å². The lowest BCUT2D eigenvalue weighted by molar-refractivity contribution is -0.137. The zero-order valence-corrected chi connectivity index (χ0v) is 29.9. The van der Waals surface area contributed by atoms with Crippen LogP contribution in [-0.4, -0.2) is 9.13 Å². The summed E-state index contributed by atoms with van der Waals surface area (Å²) in [7, 11) is 0. The molecule has 7 heteroatoms. The summed E-state index contributed by atoms with van der Waals surface area (Å²) in [5.41, 5.74) is 4.28. The third-order valence-electron chi connectivity index (χ3n) is 10.5. The molecule has 0 bridgehead atoms. The van der Waals surface area contributed by atoms with Gasteiger partial charge in [0, 0.05) is 43.8 Å². The average Bonchev–Trinajstić information content (AvgIpc) is 3.61. The van der Waals surface area contributed by atoms with E-state index in [4.69, 9.17) is 0 Å². The van der Waals surface area contributed by atoms with Crippen LogP contribution in [0.2, 0.25) is 0 Å². The van der Waals surface area contributed by atoms with E-state index in [2.05, 4.69) is 0 Å². The van der Waals surface area contributed by atoms with E-state index < -0.39 is 23.4 Å². The number of aryl methyl sites for hydroxylation is 4. The molecule has 2 heterocycles. The van der Waals surface area contributed by atoms with Crippen molar-refractivity contribution >= 4 is 43.6 Å². The largest absolute Gasteiger partial charge is 0.420 e. The average molecular weight is 721 g/mol. The van der Waals surface area contributed by atoms with Crippen molar-refractivity contribution in [3.05, 3.63) is 167 Å². The molecule has 0 aliphatic rings. The van der Waals surface area contributed by atoms with Crippen LogP contribution in [0.1, 0.15) is 27.8 Å². The highest BCUT2D eigenvalue weighted by Crippen LogP contribution is 2.51. The van der Waals surface area contributed by atoms with Crippen LogP contribution in [0.5, 0.6) is 0 Å². The van der Waals surface area contributed by atoms with Gasteiger partial charge in [-0.2, -0.15) is 13.2 Å². The third kappa shape index (κ3) is 5.13. The summed E-state index contributed by atoms with van der Waals surface area (Å²) in [5.74, 6) is -1.40. The number of halogens is 5. The lowest BCUT2D eigenvalue weighted by Crippen LogP contribution is -2.18. The Balaban J connectivity index is 1.61. The number of alkyl halides is 3. The summed E-state index contributed by atoms with van der Waals surface area (Å²) in [4.78, 5) is 0. The van der Waals surface area contributed by atoms with E-state index in [0.717, 1.165) is 43.8 Å². The van der Waals surface area contributed by atoms with Crippen molar-refractivity contribution in [3.63, 3.8) is 0 Å². The number of aromatic nitrogens is 2. The van der Waals surface area contributed by atoms with Gasteiger partial charge in [0.05, 0.1) is 33.4 Å². The van der Waals surface area contributed by atoms with Gasteiger partial charge in [0.1, 0.15) is 17.2 Å². The smallest absolute Gasteiger partial charge is 0.308 e. The van der Waals surface area contributed by atoms with Crippen LogP contribution in [0.4, 0.5) is 22.0 Å². The van der Waals surface area contributed by atoms with Gasteiger partial charge in [-0.15, -0.1) is 0 Å². The van der Waals surface area contributed by atoms with E-state index in [1.165, 1.54) is 42.5 Å². The summed E-state index contributed by atoms with van der Waals surface area (Å²) in [6.45, 7) is 7.77. The molecule has 9 rings (SSSR count). The molecule has 0 N–H and O–H groups in total. The Kier molecular flexibility index (Phi) is 7.57. The molecule has 7 aromatic carbocycles. The highest BCUT2D eigenvalue weighted by Gasteiger charge is 2.42. The first-order chi connectivity index (χ1) is 25.9. The predicted molar refractivity (Wildman–Crippen MR) is 210 cm³/mol. The second-order valence-electron chi connectivity index (χ2n) is 14.3. The maximum atomic E-state index is 16.7. The summed E-state index contributed by atoms with van der Waals surface area (Å²) >= 11 is 0. The molecule has 0 aliphatic heterocycles. The molecular weight excluding hydrogens is 688 g/mol. The van der Waals surface area contributed by atoms with Gasteiger partial charge < -0.3 is 9.13 Å². The summed E-state index contributed by atoms with van der Waals surface area (Å²) in [6, 6.07) is 35.8. The minimum absolute atomic E-state index is 0.0187. The van der Waals surface area contributed by atoms with Crippen LogP contribution in [0.25, 0.3) is 77.2 Å². The molecule has 0 atom stereocenters. The first-order valence-corrected chi connectivity index (χ1v) is 17.7. The van der Waals surface area contributed by atoms with E-state index >= 15 is 22.0 Å². The van der Waals surface area contributed by atoms with Crippen molar-refractivity contribution in [1.29, 1.82) is 0 Å². The summed E-state index contributed by atoms with van der Waals surface area (Å²) < 4.78 is 85.8. The van der Waals surface area contributed by atoms with Crippen LogP contribution in [0, 0.1) is 39.3 Å². The van der Waals surface area contributed by atoms with Crippen LogP contribution >= 0.6 is 0 Å². The molecule has 266 valence electrons. The van der Waals surface area contributed by atoms with Gasteiger partial charge in [0.25, 0.3) is 0 Å². The van der Waals surface area contributed by atoms with E-state index in [1.54, 1.807) is 21.3 Å². The lowest BCUT2D eigenvalue weighted by Gasteiger charge is -2.27. The molecule has 2 aromatic heterocycles. The Morgan fingerprint density at radius 2 is 0.704 bits per heavy atom. The molecule has 0 saturated carbocycles. The van der Waals surface area contributed by atoms with Gasteiger partial charge in [-0.05, 0) is 94.4 Å². The highest BCUT2D eigenvalue weighted by atomic mass is 19.4. The molecular formula is C47H33F5N2. The number of nitrogens with zero attached hydrogens (tertiary/aromatic N) is 2. The second-order valence-corrected chi connectivity index (χ2v) is 14.3. The molecule has 0 fully saturated rings. The van der Waals surface area contributed by atoms with Crippen LogP contribution in [0.15, 0.2) is 127 Å². The van der Waals surface area contributed by atoms with E-state index in [1.807, 2.05) is 100 Å². The predicted octanol–water partition coefficient (Wildman–Crippen LogP) is 13.7. The van der Waals surface area contributed by atoms with Crippen LogP contribution in [-0.2, 0) is 6.18 Å². The van der Waals surface area contributed by atoms with Crippen molar-refractivity contribution in [2.75, 3.05) is 0 Å². The van der Waals surface area contributed by atoms with Gasteiger partial charge in [-0.1, -0.05) is 82.9 Å². The molecule has 0 radical (unpaired) electrons. The molecule has 54 heavy (non-hydrogen) atoms. The lowest BCUT2D eigenvalue weighted by atomic mass is 9.90.